The van der Waals surface area contributed by atoms with Gasteiger partial charge < -0.3 is 30.2 Å². The Labute approximate surface area is 326 Å². The number of hydrogen-bond acceptors (Lipinski definition) is 7. The second kappa shape index (κ2) is 17.0. The Kier molecular flexibility index (Phi) is 11.6. The number of likely N-dealkylation sites (N-methyl/N-ethyl adjacent to an activating group) is 1. The SMILES string of the molecule is COC(=O)NC(C(=O)N1CCCC1C(=O)Nc1ccc(-c2ccc(-c3cnc(C4CCCN4C(=O)C(c4ccccc4)N(C)C)[nH]3)cc2)cc1)c1ccccc1. The number of amides is 4. The molecule has 1 aromatic heterocycles. The molecule has 0 bridgehead atoms. The van der Waals surface area contributed by atoms with Gasteiger partial charge in [-0.15, -0.1) is 0 Å². The second-order valence-electron chi connectivity index (χ2n) is 14.5. The summed E-state index contributed by atoms with van der Waals surface area (Å²) in [5.74, 6) is 0.221. The summed E-state index contributed by atoms with van der Waals surface area (Å²) in [4.78, 5) is 66.9. The Morgan fingerprint density at radius 2 is 1.34 bits per heavy atom. The van der Waals surface area contributed by atoms with Gasteiger partial charge in [-0.1, -0.05) is 97.1 Å². The average Bonchev–Trinajstić information content (AvgIpc) is 4.03. The van der Waals surface area contributed by atoms with Crippen LogP contribution in [0.25, 0.3) is 22.4 Å². The number of alkyl carbamates (subject to hydrolysis) is 1. The number of H-pyrrole nitrogens is 1. The van der Waals surface area contributed by atoms with E-state index in [1.165, 1.54) is 12.0 Å². The lowest BCUT2D eigenvalue weighted by molar-refractivity contribution is -0.138. The fraction of sp³-hybridized carbons (Fsp3) is 0.295. The molecule has 0 aliphatic carbocycles. The number of nitrogens with zero attached hydrogens (tertiary/aromatic N) is 4. The summed E-state index contributed by atoms with van der Waals surface area (Å²) in [5, 5.41) is 5.61. The van der Waals surface area contributed by atoms with Crippen LogP contribution < -0.4 is 10.6 Å². The predicted molar refractivity (Wildman–Crippen MR) is 214 cm³/mol. The smallest absolute Gasteiger partial charge is 0.407 e. The van der Waals surface area contributed by atoms with Crippen LogP contribution in [0.3, 0.4) is 0 Å². The van der Waals surface area contributed by atoms with E-state index in [0.29, 0.717) is 37.2 Å². The lowest BCUT2D eigenvalue weighted by atomic mass is 10.0. The number of methoxy groups -OCH3 is 1. The molecule has 0 spiro atoms. The lowest BCUT2D eigenvalue weighted by Crippen LogP contribution is -2.48. The van der Waals surface area contributed by atoms with Crippen molar-refractivity contribution in [2.24, 2.45) is 0 Å². The molecular formula is C44H47N7O5. The van der Waals surface area contributed by atoms with E-state index in [1.54, 1.807) is 24.3 Å². The van der Waals surface area contributed by atoms with Crippen molar-refractivity contribution in [1.82, 2.24) is 30.0 Å². The molecule has 3 heterocycles. The number of carbonyl (C=O) groups excluding carboxylic acids is 4. The number of ether oxygens (including phenoxy) is 1. The van der Waals surface area contributed by atoms with Crippen molar-refractivity contribution in [3.63, 3.8) is 0 Å². The van der Waals surface area contributed by atoms with Crippen LogP contribution in [-0.4, -0.2) is 88.8 Å². The van der Waals surface area contributed by atoms with E-state index in [1.807, 2.05) is 115 Å². The van der Waals surface area contributed by atoms with Gasteiger partial charge in [0, 0.05) is 18.8 Å². The fourth-order valence-corrected chi connectivity index (χ4v) is 7.81. The van der Waals surface area contributed by atoms with Crippen molar-refractivity contribution in [3.8, 4) is 22.4 Å². The molecule has 12 heteroatoms. The Balaban J connectivity index is 0.985. The molecule has 2 saturated heterocycles. The van der Waals surface area contributed by atoms with Gasteiger partial charge in [0.1, 0.15) is 23.9 Å². The van der Waals surface area contributed by atoms with E-state index in [9.17, 15) is 19.2 Å². The fourth-order valence-electron chi connectivity index (χ4n) is 7.81. The summed E-state index contributed by atoms with van der Waals surface area (Å²) in [7, 11) is 5.12. The van der Waals surface area contributed by atoms with Crippen molar-refractivity contribution in [3.05, 3.63) is 132 Å². The molecule has 2 fully saturated rings. The first kappa shape index (κ1) is 38.0. The van der Waals surface area contributed by atoms with E-state index >= 15 is 0 Å². The van der Waals surface area contributed by atoms with Crippen LogP contribution in [0.5, 0.6) is 0 Å². The minimum atomic E-state index is -0.979. The third-order valence-corrected chi connectivity index (χ3v) is 10.7. The molecule has 3 N–H and O–H groups in total. The third kappa shape index (κ3) is 8.20. The molecule has 7 rings (SSSR count). The molecule has 0 radical (unpaired) electrons. The first-order chi connectivity index (χ1) is 27.2. The van der Waals surface area contributed by atoms with Gasteiger partial charge in [-0.2, -0.15) is 0 Å². The lowest BCUT2D eigenvalue weighted by Gasteiger charge is -2.31. The topological polar surface area (TPSA) is 140 Å². The molecule has 4 atom stereocenters. The number of rotatable bonds is 11. The minimum Gasteiger partial charge on any atom is -0.453 e. The van der Waals surface area contributed by atoms with Gasteiger partial charge in [0.25, 0.3) is 5.91 Å². The molecule has 2 aliphatic heterocycles. The molecule has 288 valence electrons. The summed E-state index contributed by atoms with van der Waals surface area (Å²) < 4.78 is 4.77. The van der Waals surface area contributed by atoms with Gasteiger partial charge in [-0.05, 0) is 79.7 Å². The van der Waals surface area contributed by atoms with Crippen molar-refractivity contribution in [2.75, 3.05) is 39.6 Å². The zero-order chi connectivity index (χ0) is 39.2. The molecule has 0 saturated carbocycles. The number of aromatic nitrogens is 2. The van der Waals surface area contributed by atoms with E-state index in [4.69, 9.17) is 9.72 Å². The highest BCUT2D eigenvalue weighted by Crippen LogP contribution is 2.35. The Hall–Kier alpha value is -6.27. The van der Waals surface area contributed by atoms with Gasteiger partial charge >= 0.3 is 6.09 Å². The Morgan fingerprint density at radius 3 is 1.98 bits per heavy atom. The minimum absolute atomic E-state index is 0.0780. The van der Waals surface area contributed by atoms with Crippen LogP contribution in [0.4, 0.5) is 10.5 Å². The number of benzene rings is 4. The Morgan fingerprint density at radius 1 is 0.750 bits per heavy atom. The molecule has 5 aromatic rings. The van der Waals surface area contributed by atoms with Crippen LogP contribution in [0.1, 0.15) is 60.8 Å². The first-order valence-corrected chi connectivity index (χ1v) is 19.0. The van der Waals surface area contributed by atoms with Crippen molar-refractivity contribution >= 4 is 29.5 Å². The number of aromatic amines is 1. The number of nitrogens with one attached hydrogen (secondary N) is 3. The van der Waals surface area contributed by atoms with Crippen LogP contribution in [-0.2, 0) is 19.1 Å². The number of hydrogen-bond donors (Lipinski definition) is 3. The summed E-state index contributed by atoms with van der Waals surface area (Å²) in [6, 6.07) is 32.5. The Bertz CT molecular complexity index is 2140. The highest BCUT2D eigenvalue weighted by Gasteiger charge is 2.39. The number of carbonyl (C=O) groups is 4. The van der Waals surface area contributed by atoms with Crippen molar-refractivity contribution in [2.45, 2.75) is 49.9 Å². The zero-order valence-electron chi connectivity index (χ0n) is 31.9. The van der Waals surface area contributed by atoms with E-state index in [0.717, 1.165) is 46.6 Å². The highest BCUT2D eigenvalue weighted by molar-refractivity contribution is 5.99. The zero-order valence-corrected chi connectivity index (χ0v) is 31.9. The monoisotopic (exact) mass is 753 g/mol. The maximum atomic E-state index is 13.9. The van der Waals surface area contributed by atoms with Crippen LogP contribution in [0, 0.1) is 0 Å². The van der Waals surface area contributed by atoms with Crippen molar-refractivity contribution < 1.29 is 23.9 Å². The summed E-state index contributed by atoms with van der Waals surface area (Å²) in [5.41, 5.74) is 6.04. The van der Waals surface area contributed by atoms with Crippen molar-refractivity contribution in [1.29, 1.82) is 0 Å². The first-order valence-electron chi connectivity index (χ1n) is 19.0. The van der Waals surface area contributed by atoms with E-state index in [-0.39, 0.29) is 29.8 Å². The van der Waals surface area contributed by atoms with Crippen LogP contribution in [0.2, 0.25) is 0 Å². The van der Waals surface area contributed by atoms with Crippen LogP contribution in [0.15, 0.2) is 115 Å². The number of anilines is 1. The average molecular weight is 754 g/mol. The van der Waals surface area contributed by atoms with Gasteiger partial charge in [0.15, 0.2) is 0 Å². The summed E-state index contributed by atoms with van der Waals surface area (Å²) in [6.07, 6.45) is 4.06. The largest absolute Gasteiger partial charge is 0.453 e. The summed E-state index contributed by atoms with van der Waals surface area (Å²) in [6.45, 7) is 1.10. The predicted octanol–water partition coefficient (Wildman–Crippen LogP) is 6.74. The third-order valence-electron chi connectivity index (χ3n) is 10.7. The number of imidazole rings is 1. The van der Waals surface area contributed by atoms with Gasteiger partial charge in [0.2, 0.25) is 11.8 Å². The molecule has 2 aliphatic rings. The van der Waals surface area contributed by atoms with Crippen LogP contribution >= 0.6 is 0 Å². The van der Waals surface area contributed by atoms with Gasteiger partial charge in [-0.3, -0.25) is 19.3 Å². The van der Waals surface area contributed by atoms with E-state index < -0.39 is 18.2 Å². The number of likely N-dealkylation sites (tertiary alicyclic amines) is 2. The highest BCUT2D eigenvalue weighted by atomic mass is 16.5. The van der Waals surface area contributed by atoms with Gasteiger partial charge in [-0.25, -0.2) is 9.78 Å². The molecule has 56 heavy (non-hydrogen) atoms. The molecule has 4 unspecified atom stereocenters. The second-order valence-corrected chi connectivity index (χ2v) is 14.5. The van der Waals surface area contributed by atoms with Gasteiger partial charge in [0.05, 0.1) is 25.0 Å². The molecule has 12 nitrogen and oxygen atoms in total. The molecular weight excluding hydrogens is 707 g/mol. The van der Waals surface area contributed by atoms with E-state index in [2.05, 4.69) is 15.6 Å². The quantitative estimate of drug-likeness (QED) is 0.136. The maximum absolute atomic E-state index is 13.9. The standard InChI is InChI=1S/C44H47N7O5/c1-49(2)39(33-14-8-5-9-15-33)43(54)50-26-10-16-36(50)40-45-28-35(47-40)31-20-18-29(19-21-31)30-22-24-34(25-23-30)46-41(52)37-17-11-27-51(37)42(53)38(48-44(55)56-3)32-12-6-4-7-13-32/h4-9,12-15,18-25,28,36-39H,10-11,16-17,26-27H2,1-3H3,(H,45,47)(H,46,52)(H,48,55). The molecule has 4 amide bonds. The normalized spacial score (nSPS) is 17.7. The maximum Gasteiger partial charge on any atom is 0.407 e. The summed E-state index contributed by atoms with van der Waals surface area (Å²) >= 11 is 0. The molecule has 4 aromatic carbocycles.